The molecule has 0 rings (SSSR count). The Morgan fingerprint density at radius 1 is 1.20 bits per heavy atom. The number of ketones is 1. The normalized spacial score (nSPS) is 11.7. The van der Waals surface area contributed by atoms with Gasteiger partial charge in [0.25, 0.3) is 0 Å². The van der Waals surface area contributed by atoms with Crippen LogP contribution < -0.4 is 5.73 Å². The first-order valence-electron chi connectivity index (χ1n) is 5.43. The first-order valence-corrected chi connectivity index (χ1v) is 5.43. The van der Waals surface area contributed by atoms with Crippen LogP contribution in [0.4, 0.5) is 0 Å². The Hall–Kier alpha value is -0.450. The van der Waals surface area contributed by atoms with Gasteiger partial charge in [0, 0.05) is 12.0 Å². The Balaban J connectivity index is 3.47. The number of ether oxygens (including phenoxy) is 2. The molecule has 15 heavy (non-hydrogen) atoms. The van der Waals surface area contributed by atoms with Gasteiger partial charge in [-0.05, 0) is 6.42 Å². The van der Waals surface area contributed by atoms with Gasteiger partial charge in [0.05, 0.1) is 19.8 Å². The molecule has 0 aliphatic carbocycles. The molecule has 2 N–H and O–H groups in total. The van der Waals surface area contributed by atoms with Gasteiger partial charge in [-0.15, -0.1) is 0 Å². The van der Waals surface area contributed by atoms with Crippen LogP contribution in [0.1, 0.15) is 27.2 Å². The highest BCUT2D eigenvalue weighted by Gasteiger charge is 2.24. The lowest BCUT2D eigenvalue weighted by atomic mass is 9.86. The number of rotatable bonds is 9. The first-order chi connectivity index (χ1) is 7.04. The summed E-state index contributed by atoms with van der Waals surface area (Å²) in [6.07, 6.45) is 0.832. The highest BCUT2D eigenvalue weighted by atomic mass is 16.5. The molecule has 0 aliphatic rings. The molecule has 0 bridgehead atoms. The highest BCUT2D eigenvalue weighted by Crippen LogP contribution is 2.20. The van der Waals surface area contributed by atoms with Crippen LogP contribution in [-0.4, -0.2) is 38.8 Å². The van der Waals surface area contributed by atoms with Crippen LogP contribution in [0.5, 0.6) is 0 Å². The maximum Gasteiger partial charge on any atom is 0.164 e. The topological polar surface area (TPSA) is 61.5 Å². The summed E-state index contributed by atoms with van der Waals surface area (Å²) in [5.74, 6) is 0.142. The number of Topliss-reactive ketones (excluding diaryl/α,β-unsaturated/α-hetero) is 1. The SMILES string of the molecule is CCC(C)(C)C(=O)COCCOCCN. The Kier molecular flexibility index (Phi) is 7.56. The van der Waals surface area contributed by atoms with Gasteiger partial charge in [0.1, 0.15) is 6.61 Å². The van der Waals surface area contributed by atoms with Crippen LogP contribution in [0.15, 0.2) is 0 Å². The van der Waals surface area contributed by atoms with Crippen molar-refractivity contribution in [1.82, 2.24) is 0 Å². The van der Waals surface area contributed by atoms with E-state index in [1.165, 1.54) is 0 Å². The Morgan fingerprint density at radius 2 is 1.80 bits per heavy atom. The second-order valence-corrected chi connectivity index (χ2v) is 4.11. The third-order valence-electron chi connectivity index (χ3n) is 2.51. The lowest BCUT2D eigenvalue weighted by Crippen LogP contribution is -2.28. The average Bonchev–Trinajstić information content (AvgIpc) is 2.22. The minimum absolute atomic E-state index is 0.142. The van der Waals surface area contributed by atoms with Crippen LogP contribution in [0.25, 0.3) is 0 Å². The van der Waals surface area contributed by atoms with Gasteiger partial charge in [-0.3, -0.25) is 4.79 Å². The molecule has 90 valence electrons. The summed E-state index contributed by atoms with van der Waals surface area (Å²) in [6.45, 7) is 8.05. The van der Waals surface area contributed by atoms with Gasteiger partial charge in [0.15, 0.2) is 5.78 Å². The Labute approximate surface area is 92.1 Å². The molecular formula is C11H23NO3. The molecule has 0 aromatic rings. The van der Waals surface area contributed by atoms with E-state index in [1.807, 2.05) is 20.8 Å². The van der Waals surface area contributed by atoms with E-state index in [0.29, 0.717) is 26.4 Å². The van der Waals surface area contributed by atoms with Gasteiger partial charge in [-0.1, -0.05) is 20.8 Å². The maximum absolute atomic E-state index is 11.6. The number of carbonyl (C=O) groups is 1. The molecule has 4 heteroatoms. The van der Waals surface area contributed by atoms with E-state index >= 15 is 0 Å². The molecule has 0 aromatic heterocycles. The zero-order valence-corrected chi connectivity index (χ0v) is 10.0. The summed E-state index contributed by atoms with van der Waals surface area (Å²) >= 11 is 0. The van der Waals surface area contributed by atoms with Crippen LogP contribution in [0.3, 0.4) is 0 Å². The first kappa shape index (κ1) is 14.6. The fraction of sp³-hybridized carbons (Fsp3) is 0.909. The summed E-state index contributed by atoms with van der Waals surface area (Å²) in [7, 11) is 0. The quantitative estimate of drug-likeness (QED) is 0.585. The zero-order chi connectivity index (χ0) is 11.7. The number of carbonyl (C=O) groups excluding carboxylic acids is 1. The Bertz CT molecular complexity index is 181. The fourth-order valence-electron chi connectivity index (χ4n) is 0.861. The van der Waals surface area contributed by atoms with Gasteiger partial charge >= 0.3 is 0 Å². The molecule has 4 nitrogen and oxygen atoms in total. The Morgan fingerprint density at radius 3 is 2.33 bits per heavy atom. The van der Waals surface area contributed by atoms with Crippen molar-refractivity contribution in [3.8, 4) is 0 Å². The average molecular weight is 217 g/mol. The summed E-state index contributed by atoms with van der Waals surface area (Å²) in [6, 6.07) is 0. The zero-order valence-electron chi connectivity index (χ0n) is 10.0. The fourth-order valence-corrected chi connectivity index (χ4v) is 0.861. The minimum atomic E-state index is -0.280. The second kappa shape index (κ2) is 7.79. The van der Waals surface area contributed by atoms with Gasteiger partial charge in [-0.25, -0.2) is 0 Å². The monoisotopic (exact) mass is 217 g/mol. The van der Waals surface area contributed by atoms with Crippen molar-refractivity contribution in [2.45, 2.75) is 27.2 Å². The van der Waals surface area contributed by atoms with Crippen molar-refractivity contribution in [1.29, 1.82) is 0 Å². The summed E-state index contributed by atoms with van der Waals surface area (Å²) in [4.78, 5) is 11.6. The smallest absolute Gasteiger partial charge is 0.164 e. The van der Waals surface area contributed by atoms with Crippen LogP contribution >= 0.6 is 0 Å². The van der Waals surface area contributed by atoms with Crippen molar-refractivity contribution in [2.75, 3.05) is 33.0 Å². The summed E-state index contributed by atoms with van der Waals surface area (Å²) in [5, 5.41) is 0. The van der Waals surface area contributed by atoms with Crippen molar-refractivity contribution in [2.24, 2.45) is 11.1 Å². The molecule has 0 aliphatic heterocycles. The third kappa shape index (κ3) is 6.60. The lowest BCUT2D eigenvalue weighted by Gasteiger charge is -2.20. The molecule has 0 spiro atoms. The number of hydrogen-bond donors (Lipinski definition) is 1. The molecule has 0 heterocycles. The molecule has 0 saturated carbocycles. The van der Waals surface area contributed by atoms with Crippen LogP contribution in [0.2, 0.25) is 0 Å². The minimum Gasteiger partial charge on any atom is -0.378 e. The molecule has 0 saturated heterocycles. The van der Waals surface area contributed by atoms with Crippen LogP contribution in [-0.2, 0) is 14.3 Å². The van der Waals surface area contributed by atoms with Gasteiger partial charge in [0.2, 0.25) is 0 Å². The van der Waals surface area contributed by atoms with Crippen molar-refractivity contribution in [3.05, 3.63) is 0 Å². The molecule has 0 fully saturated rings. The second-order valence-electron chi connectivity index (χ2n) is 4.11. The largest absolute Gasteiger partial charge is 0.378 e. The predicted octanol–water partition coefficient (Wildman–Crippen LogP) is 0.984. The van der Waals surface area contributed by atoms with Crippen LogP contribution in [0, 0.1) is 5.41 Å². The molecule has 0 atom stereocenters. The van der Waals surface area contributed by atoms with E-state index in [1.54, 1.807) is 0 Å². The third-order valence-corrected chi connectivity index (χ3v) is 2.51. The van der Waals surface area contributed by atoms with Crippen molar-refractivity contribution < 1.29 is 14.3 Å². The molecule has 0 unspecified atom stereocenters. The predicted molar refractivity (Wildman–Crippen MR) is 59.8 cm³/mol. The number of hydrogen-bond acceptors (Lipinski definition) is 4. The van der Waals surface area contributed by atoms with E-state index in [0.717, 1.165) is 6.42 Å². The molecule has 0 amide bonds. The van der Waals surface area contributed by atoms with Gasteiger partial charge in [-0.2, -0.15) is 0 Å². The molecule has 0 radical (unpaired) electrons. The lowest BCUT2D eigenvalue weighted by molar-refractivity contribution is -0.132. The van der Waals surface area contributed by atoms with Crippen molar-refractivity contribution in [3.63, 3.8) is 0 Å². The van der Waals surface area contributed by atoms with E-state index in [4.69, 9.17) is 15.2 Å². The molecular weight excluding hydrogens is 194 g/mol. The maximum atomic E-state index is 11.6. The van der Waals surface area contributed by atoms with Gasteiger partial charge < -0.3 is 15.2 Å². The van der Waals surface area contributed by atoms with E-state index in [2.05, 4.69) is 0 Å². The van der Waals surface area contributed by atoms with E-state index in [-0.39, 0.29) is 17.8 Å². The standard InChI is InChI=1S/C11H23NO3/c1-4-11(2,3)10(13)9-15-8-7-14-6-5-12/h4-9,12H2,1-3H3. The van der Waals surface area contributed by atoms with E-state index < -0.39 is 0 Å². The highest BCUT2D eigenvalue weighted by molar-refractivity contribution is 5.85. The summed E-state index contributed by atoms with van der Waals surface area (Å²) < 4.78 is 10.3. The number of nitrogens with two attached hydrogens (primary N) is 1. The summed E-state index contributed by atoms with van der Waals surface area (Å²) in [5.41, 5.74) is 4.97. The molecule has 0 aromatic carbocycles. The van der Waals surface area contributed by atoms with Crippen molar-refractivity contribution >= 4 is 5.78 Å². The van der Waals surface area contributed by atoms with E-state index in [9.17, 15) is 4.79 Å².